The van der Waals surface area contributed by atoms with Crippen LogP contribution < -0.4 is 10.6 Å². The molecule has 0 saturated carbocycles. The topological polar surface area (TPSA) is 131 Å². The zero-order valence-electron chi connectivity index (χ0n) is 22.1. The number of nitrogens with one attached hydrogen (secondary N) is 2. The van der Waals surface area contributed by atoms with Gasteiger partial charge in [-0.3, -0.25) is 10.1 Å². The summed E-state index contributed by atoms with van der Waals surface area (Å²) >= 11 is 6.20. The summed E-state index contributed by atoms with van der Waals surface area (Å²) in [5.41, 5.74) is 4.08. The van der Waals surface area contributed by atoms with E-state index in [2.05, 4.69) is 15.8 Å². The first-order valence-corrected chi connectivity index (χ1v) is 12.9. The molecule has 4 rings (SSSR count). The Kier molecular flexibility index (Phi) is 8.86. The number of aryl methyl sites for hydroxylation is 2. The van der Waals surface area contributed by atoms with Crippen LogP contribution in [0.5, 0.6) is 0 Å². The maximum absolute atomic E-state index is 12.8. The van der Waals surface area contributed by atoms with E-state index in [9.17, 15) is 19.5 Å². The number of aromatic nitrogens is 1. The quantitative estimate of drug-likeness (QED) is 0.217. The summed E-state index contributed by atoms with van der Waals surface area (Å²) in [7, 11) is 0. The second-order valence-electron chi connectivity index (χ2n) is 9.30. The van der Waals surface area contributed by atoms with Crippen molar-refractivity contribution in [3.63, 3.8) is 0 Å². The average Bonchev–Trinajstić information content (AvgIpc) is 3.29. The Morgan fingerprint density at radius 1 is 1.00 bits per heavy atom. The summed E-state index contributed by atoms with van der Waals surface area (Å²) < 4.78 is 10.9. The van der Waals surface area contributed by atoms with Gasteiger partial charge in [-0.2, -0.15) is 0 Å². The lowest BCUT2D eigenvalue weighted by Gasteiger charge is -2.16. The van der Waals surface area contributed by atoms with Gasteiger partial charge >= 0.3 is 12.1 Å². The predicted octanol–water partition coefficient (Wildman–Crippen LogP) is 6.35. The molecule has 4 aromatic rings. The van der Waals surface area contributed by atoms with Gasteiger partial charge in [0.1, 0.15) is 23.5 Å². The number of nitrogens with zero attached hydrogens (tertiary/aromatic N) is 1. The first-order chi connectivity index (χ1) is 19.1. The Bertz CT molecular complexity index is 1520. The minimum Gasteiger partial charge on any atom is -0.480 e. The third-order valence-corrected chi connectivity index (χ3v) is 6.63. The number of carbonyl (C=O) groups excluding carboxylic acids is 2. The smallest absolute Gasteiger partial charge is 0.412 e. The zero-order valence-corrected chi connectivity index (χ0v) is 22.9. The van der Waals surface area contributed by atoms with Gasteiger partial charge in [0.2, 0.25) is 0 Å². The number of rotatable bonds is 9. The minimum atomic E-state index is -1.13. The maximum Gasteiger partial charge on any atom is 0.412 e. The molecule has 3 aromatic carbocycles. The lowest BCUT2D eigenvalue weighted by Crippen LogP contribution is -2.42. The number of ether oxygens (including phenoxy) is 1. The molecule has 0 saturated heterocycles. The Morgan fingerprint density at radius 2 is 1.68 bits per heavy atom. The molecule has 0 bridgehead atoms. The molecule has 2 amide bonds. The van der Waals surface area contributed by atoms with Gasteiger partial charge in [-0.05, 0) is 44.5 Å². The van der Waals surface area contributed by atoms with E-state index in [-0.39, 0.29) is 17.7 Å². The third-order valence-electron chi connectivity index (χ3n) is 6.29. The van der Waals surface area contributed by atoms with Crippen molar-refractivity contribution in [2.45, 2.75) is 39.3 Å². The Balaban J connectivity index is 1.43. The van der Waals surface area contributed by atoms with Crippen LogP contribution >= 0.6 is 11.6 Å². The van der Waals surface area contributed by atoms with Crippen molar-refractivity contribution in [3.8, 4) is 11.3 Å². The summed E-state index contributed by atoms with van der Waals surface area (Å²) in [6.07, 6.45) is -1.17. The van der Waals surface area contributed by atoms with Crippen molar-refractivity contribution in [1.29, 1.82) is 0 Å². The van der Waals surface area contributed by atoms with E-state index < -0.39 is 30.1 Å². The molecule has 0 aliphatic carbocycles. The molecule has 0 radical (unpaired) electrons. The fraction of sp³-hybridized carbons (Fsp3) is 0.200. The maximum atomic E-state index is 12.8. The molecule has 0 fully saturated rings. The second-order valence-corrected chi connectivity index (χ2v) is 9.70. The first-order valence-electron chi connectivity index (χ1n) is 12.5. The number of aliphatic carboxylic acids is 1. The minimum absolute atomic E-state index is 0.150. The van der Waals surface area contributed by atoms with Crippen LogP contribution in [0.2, 0.25) is 5.02 Å². The molecule has 1 heterocycles. The molecule has 40 heavy (non-hydrogen) atoms. The standard InChI is InChI=1S/C30H28ClN3O6/c1-17-8-10-20(11-9-17)16-25(29(36)37)32-28(35)22-14-12-21(13-15-22)27-26(18(2)34-40-27)33-30(38)39-19(3)23-6-4-5-7-24(23)31/h4-15,19,25H,16H2,1-3H3,(H,32,35)(H,33,38)(H,36,37)/t19-,25-/m1/s1. The van der Waals surface area contributed by atoms with Gasteiger partial charge in [-0.1, -0.05) is 76.9 Å². The third kappa shape index (κ3) is 6.86. The molecule has 10 heteroatoms. The van der Waals surface area contributed by atoms with Crippen molar-refractivity contribution >= 4 is 35.3 Å². The molecule has 0 aliphatic heterocycles. The number of halogens is 1. The zero-order chi connectivity index (χ0) is 28.8. The average molecular weight is 562 g/mol. The number of amides is 2. The van der Waals surface area contributed by atoms with Crippen LogP contribution in [0.4, 0.5) is 10.5 Å². The number of carboxylic acids is 1. The Hall–Kier alpha value is -4.63. The molecule has 206 valence electrons. The lowest BCUT2D eigenvalue weighted by atomic mass is 10.0. The van der Waals surface area contributed by atoms with Gasteiger partial charge in [0.05, 0.1) is 0 Å². The molecule has 0 aliphatic rings. The fourth-order valence-corrected chi connectivity index (χ4v) is 4.34. The van der Waals surface area contributed by atoms with Crippen molar-refractivity contribution in [2.75, 3.05) is 5.32 Å². The largest absolute Gasteiger partial charge is 0.480 e. The van der Waals surface area contributed by atoms with Gasteiger partial charge in [0.25, 0.3) is 5.91 Å². The SMILES string of the molecule is Cc1ccc(C[C@@H](NC(=O)c2ccc(-c3onc(C)c3NC(=O)O[C@H](C)c3ccccc3Cl)cc2)C(=O)O)cc1. The number of hydrogen-bond donors (Lipinski definition) is 3. The van der Waals surface area contributed by atoms with Crippen molar-refractivity contribution in [3.05, 3.63) is 106 Å². The van der Waals surface area contributed by atoms with Crippen LogP contribution in [0.15, 0.2) is 77.3 Å². The second kappa shape index (κ2) is 12.5. The molecular weight excluding hydrogens is 534 g/mol. The molecule has 9 nitrogen and oxygen atoms in total. The summed E-state index contributed by atoms with van der Waals surface area (Å²) in [4.78, 5) is 37.2. The van der Waals surface area contributed by atoms with E-state index in [1.165, 1.54) is 12.1 Å². The molecule has 0 spiro atoms. The highest BCUT2D eigenvalue weighted by Crippen LogP contribution is 2.32. The van der Waals surface area contributed by atoms with E-state index in [1.807, 2.05) is 31.2 Å². The molecule has 0 unspecified atom stereocenters. The summed E-state index contributed by atoms with van der Waals surface area (Å²) in [5, 5.41) is 19.3. The molecular formula is C30H28ClN3O6. The molecule has 3 N–H and O–H groups in total. The van der Waals surface area contributed by atoms with Crippen LogP contribution in [0.3, 0.4) is 0 Å². The number of anilines is 1. The van der Waals surface area contributed by atoms with Crippen LogP contribution in [-0.2, 0) is 16.0 Å². The first kappa shape index (κ1) is 28.4. The van der Waals surface area contributed by atoms with Gasteiger partial charge in [0.15, 0.2) is 5.76 Å². The lowest BCUT2D eigenvalue weighted by molar-refractivity contribution is -0.139. The Labute approximate surface area is 236 Å². The molecule has 2 atom stereocenters. The fourth-order valence-electron chi connectivity index (χ4n) is 4.05. The van der Waals surface area contributed by atoms with Crippen LogP contribution in [0.1, 0.15) is 45.8 Å². The van der Waals surface area contributed by atoms with Gasteiger partial charge < -0.3 is 19.7 Å². The van der Waals surface area contributed by atoms with Crippen molar-refractivity contribution < 1.29 is 28.8 Å². The van der Waals surface area contributed by atoms with Gasteiger partial charge in [-0.25, -0.2) is 9.59 Å². The van der Waals surface area contributed by atoms with E-state index in [1.54, 1.807) is 50.2 Å². The van der Waals surface area contributed by atoms with Gasteiger partial charge in [0, 0.05) is 28.1 Å². The van der Waals surface area contributed by atoms with Crippen LogP contribution in [0, 0.1) is 13.8 Å². The van der Waals surface area contributed by atoms with Crippen molar-refractivity contribution in [1.82, 2.24) is 10.5 Å². The van der Waals surface area contributed by atoms with E-state index in [4.69, 9.17) is 20.9 Å². The highest BCUT2D eigenvalue weighted by molar-refractivity contribution is 6.31. The number of carbonyl (C=O) groups is 3. The summed E-state index contributed by atoms with van der Waals surface area (Å²) in [6.45, 7) is 5.32. The predicted molar refractivity (Wildman–Crippen MR) is 150 cm³/mol. The summed E-state index contributed by atoms with van der Waals surface area (Å²) in [6, 6.07) is 19.8. The van der Waals surface area contributed by atoms with E-state index in [0.717, 1.165) is 11.1 Å². The normalized spacial score (nSPS) is 12.3. The Morgan fingerprint density at radius 3 is 2.33 bits per heavy atom. The monoisotopic (exact) mass is 561 g/mol. The van der Waals surface area contributed by atoms with E-state index in [0.29, 0.717) is 27.5 Å². The number of hydrogen-bond acceptors (Lipinski definition) is 6. The van der Waals surface area contributed by atoms with Crippen LogP contribution in [-0.4, -0.2) is 34.3 Å². The molecule has 1 aromatic heterocycles. The van der Waals surface area contributed by atoms with Gasteiger partial charge in [-0.15, -0.1) is 0 Å². The number of carboxylic acid groups (broad SMARTS) is 1. The summed E-state index contributed by atoms with van der Waals surface area (Å²) in [5.74, 6) is -1.39. The van der Waals surface area contributed by atoms with Crippen molar-refractivity contribution in [2.24, 2.45) is 0 Å². The number of benzene rings is 3. The van der Waals surface area contributed by atoms with Crippen LogP contribution in [0.25, 0.3) is 11.3 Å². The van der Waals surface area contributed by atoms with E-state index >= 15 is 0 Å². The highest BCUT2D eigenvalue weighted by Gasteiger charge is 2.23. The highest BCUT2D eigenvalue weighted by atomic mass is 35.5.